The normalized spacial score (nSPS) is 16.8. The molecule has 0 amide bonds. The summed E-state index contributed by atoms with van der Waals surface area (Å²) >= 11 is -1.37. The fraction of sp³-hybridized carbons (Fsp3) is 0.538. The van der Waals surface area contributed by atoms with Crippen molar-refractivity contribution in [1.82, 2.24) is 4.90 Å². The molecule has 2 aromatic carbocycles. The van der Waals surface area contributed by atoms with Crippen LogP contribution in [0.1, 0.15) is 49.1 Å². The van der Waals surface area contributed by atoms with Gasteiger partial charge in [0.15, 0.2) is 23.0 Å². The molecule has 0 saturated heterocycles. The Morgan fingerprint density at radius 1 is 0.853 bits per heavy atom. The maximum absolute atomic E-state index is 12.0. The Balaban J connectivity index is 0.000000758. The number of rotatable bonds is 6. The average Bonchev–Trinajstić information content (AvgIpc) is 2.87. The minimum Gasteiger partial charge on any atom is -0.493 e. The van der Waals surface area contributed by atoms with Gasteiger partial charge in [-0.3, -0.25) is 4.90 Å². The Bertz CT molecular complexity index is 965. The van der Waals surface area contributed by atoms with Crippen molar-refractivity contribution in [3.05, 3.63) is 46.5 Å². The zero-order chi connectivity index (χ0) is 25.3. The fourth-order valence-electron chi connectivity index (χ4n) is 4.30. The van der Waals surface area contributed by atoms with Crippen LogP contribution in [0.5, 0.6) is 23.0 Å². The van der Waals surface area contributed by atoms with E-state index in [0.29, 0.717) is 17.3 Å². The molecule has 0 N–H and O–H groups in total. The zero-order valence-corrected chi connectivity index (χ0v) is 22.5. The van der Waals surface area contributed by atoms with E-state index in [0.717, 1.165) is 37.4 Å². The monoisotopic (exact) mass is 493 g/mol. The molecule has 0 fully saturated rings. The second kappa shape index (κ2) is 13.6. The molecule has 2 aliphatic heterocycles. The van der Waals surface area contributed by atoms with Crippen LogP contribution >= 0.6 is 0 Å². The minimum atomic E-state index is -1.37. The Labute approximate surface area is 207 Å². The van der Waals surface area contributed by atoms with Gasteiger partial charge in [0, 0.05) is 33.4 Å². The molecule has 2 atom stereocenters. The van der Waals surface area contributed by atoms with Gasteiger partial charge in [0.1, 0.15) is 0 Å². The second-order valence-corrected chi connectivity index (χ2v) is 9.05. The standard InChI is InChI=1S/C22H27NO5S.C2H6O.C2H6/c1-5-29(24)28-22-12-17-14(9-21(22)27-4)6-7-23-13-16-11-20(26-3)19(25-2)10-15(16)8-18(17)23;1-3-2;1-2/h9-12,18H,5-8,13H2,1-4H3;1-2H3;1-2H3. The molecule has 2 unspecified atom stereocenters. The third-order valence-corrected chi connectivity index (χ3v) is 6.64. The van der Waals surface area contributed by atoms with Crippen LogP contribution < -0.4 is 18.4 Å². The van der Waals surface area contributed by atoms with Gasteiger partial charge in [-0.05, 0) is 59.4 Å². The summed E-state index contributed by atoms with van der Waals surface area (Å²) in [5.41, 5.74) is 5.04. The molecule has 2 aromatic rings. The van der Waals surface area contributed by atoms with Crippen molar-refractivity contribution in [2.45, 2.75) is 46.2 Å². The summed E-state index contributed by atoms with van der Waals surface area (Å²) < 4.78 is 38.4. The number of hydrogen-bond acceptors (Lipinski definition) is 7. The predicted molar refractivity (Wildman–Crippen MR) is 137 cm³/mol. The molecular weight excluding hydrogens is 454 g/mol. The van der Waals surface area contributed by atoms with Crippen molar-refractivity contribution in [2.75, 3.05) is 47.8 Å². The highest BCUT2D eigenvalue weighted by Crippen LogP contribution is 2.44. The number of hydrogen-bond donors (Lipinski definition) is 0. The molecule has 34 heavy (non-hydrogen) atoms. The molecule has 0 saturated carbocycles. The van der Waals surface area contributed by atoms with Crippen LogP contribution in [0.25, 0.3) is 0 Å². The molecule has 4 rings (SSSR count). The zero-order valence-electron chi connectivity index (χ0n) is 21.7. The molecule has 8 heteroatoms. The van der Waals surface area contributed by atoms with Crippen LogP contribution in [-0.4, -0.2) is 57.0 Å². The predicted octanol–water partition coefficient (Wildman–Crippen LogP) is 4.72. The van der Waals surface area contributed by atoms with Crippen LogP contribution in [0.15, 0.2) is 24.3 Å². The maximum atomic E-state index is 12.0. The lowest BCUT2D eigenvalue weighted by molar-refractivity contribution is 0.160. The largest absolute Gasteiger partial charge is 0.493 e. The van der Waals surface area contributed by atoms with Crippen LogP contribution in [-0.2, 0) is 35.2 Å². The van der Waals surface area contributed by atoms with Gasteiger partial charge in [0.25, 0.3) is 0 Å². The molecule has 0 spiro atoms. The summed E-state index contributed by atoms with van der Waals surface area (Å²) in [6.45, 7) is 7.68. The number of benzene rings is 2. The lowest BCUT2D eigenvalue weighted by Gasteiger charge is -2.41. The van der Waals surface area contributed by atoms with Crippen molar-refractivity contribution >= 4 is 11.1 Å². The first-order valence-electron chi connectivity index (χ1n) is 11.6. The highest BCUT2D eigenvalue weighted by Gasteiger charge is 2.34. The van der Waals surface area contributed by atoms with Gasteiger partial charge in [0.2, 0.25) is 11.1 Å². The molecule has 0 radical (unpaired) electrons. The van der Waals surface area contributed by atoms with Crippen molar-refractivity contribution in [2.24, 2.45) is 0 Å². The van der Waals surface area contributed by atoms with Gasteiger partial charge < -0.3 is 23.1 Å². The third kappa shape index (κ3) is 6.23. The molecule has 0 aliphatic carbocycles. The lowest BCUT2D eigenvalue weighted by atomic mass is 9.83. The van der Waals surface area contributed by atoms with E-state index in [2.05, 4.69) is 21.8 Å². The summed E-state index contributed by atoms with van der Waals surface area (Å²) in [7, 11) is 8.20. The first kappa shape index (κ1) is 28.0. The number of fused-ring (bicyclic) bond motifs is 4. The molecule has 190 valence electrons. The maximum Gasteiger partial charge on any atom is 0.206 e. The summed E-state index contributed by atoms with van der Waals surface area (Å²) in [5, 5.41) is 0. The Morgan fingerprint density at radius 3 is 1.94 bits per heavy atom. The molecular formula is C26H39NO6S. The van der Waals surface area contributed by atoms with Crippen molar-refractivity contribution < 1.29 is 27.3 Å². The molecule has 7 nitrogen and oxygen atoms in total. The van der Waals surface area contributed by atoms with Gasteiger partial charge >= 0.3 is 0 Å². The highest BCUT2D eigenvalue weighted by atomic mass is 32.2. The quantitative estimate of drug-likeness (QED) is 0.577. The van der Waals surface area contributed by atoms with Gasteiger partial charge in [-0.15, -0.1) is 0 Å². The lowest BCUT2D eigenvalue weighted by Crippen LogP contribution is -2.39. The summed E-state index contributed by atoms with van der Waals surface area (Å²) in [6, 6.07) is 8.48. The Morgan fingerprint density at radius 2 is 1.38 bits per heavy atom. The van der Waals surface area contributed by atoms with E-state index in [1.54, 1.807) is 35.5 Å². The van der Waals surface area contributed by atoms with Crippen LogP contribution in [0.3, 0.4) is 0 Å². The van der Waals surface area contributed by atoms with Crippen molar-refractivity contribution in [3.8, 4) is 23.0 Å². The van der Waals surface area contributed by atoms with Crippen molar-refractivity contribution in [1.29, 1.82) is 0 Å². The van der Waals surface area contributed by atoms with E-state index in [9.17, 15) is 4.21 Å². The van der Waals surface area contributed by atoms with E-state index < -0.39 is 11.1 Å². The van der Waals surface area contributed by atoms with Gasteiger partial charge in [-0.2, -0.15) is 0 Å². The summed E-state index contributed by atoms with van der Waals surface area (Å²) in [5.74, 6) is 3.15. The van der Waals surface area contributed by atoms with Crippen LogP contribution in [0.2, 0.25) is 0 Å². The van der Waals surface area contributed by atoms with Crippen LogP contribution in [0.4, 0.5) is 0 Å². The van der Waals surface area contributed by atoms with E-state index in [1.807, 2.05) is 32.9 Å². The summed E-state index contributed by atoms with van der Waals surface area (Å²) in [6.07, 6.45) is 1.83. The smallest absolute Gasteiger partial charge is 0.206 e. The van der Waals surface area contributed by atoms with E-state index in [-0.39, 0.29) is 6.04 Å². The van der Waals surface area contributed by atoms with Crippen molar-refractivity contribution in [3.63, 3.8) is 0 Å². The van der Waals surface area contributed by atoms with Gasteiger partial charge in [-0.1, -0.05) is 20.8 Å². The van der Waals surface area contributed by atoms with Gasteiger partial charge in [-0.25, -0.2) is 4.21 Å². The number of ether oxygens (including phenoxy) is 4. The second-order valence-electron chi connectivity index (χ2n) is 7.70. The Kier molecular flexibility index (Phi) is 11.1. The molecule has 2 heterocycles. The topological polar surface area (TPSA) is 66.5 Å². The minimum absolute atomic E-state index is 0.243. The first-order valence-corrected chi connectivity index (χ1v) is 12.9. The summed E-state index contributed by atoms with van der Waals surface area (Å²) in [4.78, 5) is 2.49. The van der Waals surface area contributed by atoms with Crippen LogP contribution in [0, 0.1) is 0 Å². The van der Waals surface area contributed by atoms with E-state index >= 15 is 0 Å². The SMILES string of the molecule is CC.CCS(=O)Oc1cc2c(cc1OC)CCN1Cc3cc(OC)c(OC)cc3CC21.COC. The fourth-order valence-corrected chi connectivity index (χ4v) is 4.75. The van der Waals surface area contributed by atoms with E-state index in [4.69, 9.17) is 18.4 Å². The highest BCUT2D eigenvalue weighted by molar-refractivity contribution is 7.80. The molecule has 2 aliphatic rings. The average molecular weight is 494 g/mol. The van der Waals surface area contributed by atoms with E-state index in [1.165, 1.54) is 22.3 Å². The first-order chi connectivity index (χ1) is 16.5. The Hall–Kier alpha value is -2.29. The number of nitrogens with zero attached hydrogens (tertiary/aromatic N) is 1. The van der Waals surface area contributed by atoms with Gasteiger partial charge in [0.05, 0.1) is 27.1 Å². The molecule has 0 bridgehead atoms. The number of methoxy groups -OCH3 is 4. The third-order valence-electron chi connectivity index (χ3n) is 5.80. The molecule has 0 aromatic heterocycles.